The molecular formula is C14H15ClMg. The first-order chi connectivity index (χ1) is 7.21. The molecule has 0 nitrogen and oxygen atoms in total. The van der Waals surface area contributed by atoms with Crippen molar-refractivity contribution < 1.29 is 2.85 Å². The third-order valence-electron chi connectivity index (χ3n) is 2.63. The Morgan fingerprint density at radius 2 is 1.12 bits per heavy atom. The van der Waals surface area contributed by atoms with Crippen molar-refractivity contribution in [3.05, 3.63) is 71.8 Å². The molecule has 0 unspecified atom stereocenters. The van der Waals surface area contributed by atoms with Gasteiger partial charge in [0.25, 0.3) is 0 Å². The maximum absolute atomic E-state index is 6.59. The number of alkyl halides is 1. The molecule has 0 aliphatic carbocycles. The Hall–Kier alpha value is -0.504. The summed E-state index contributed by atoms with van der Waals surface area (Å²) in [6.45, 7) is 2.03. The molecule has 0 fully saturated rings. The van der Waals surface area contributed by atoms with E-state index in [-0.39, 0.29) is 25.9 Å². The zero-order chi connectivity index (χ0) is 10.7. The van der Waals surface area contributed by atoms with E-state index < -0.39 is 4.87 Å². The van der Waals surface area contributed by atoms with E-state index in [4.69, 9.17) is 11.6 Å². The van der Waals surface area contributed by atoms with Crippen molar-refractivity contribution in [2.75, 3.05) is 0 Å². The molecule has 0 aliphatic heterocycles. The van der Waals surface area contributed by atoms with Crippen LogP contribution in [0, 0.1) is 0 Å². The standard InChI is InChI=1S/C14H13Cl.Mg.2H/c1-14(15,12-8-4-2-5-9-12)13-10-6-3-7-11-13;;;/h2-11H,1H3;;;/q;+2;2*-1. The van der Waals surface area contributed by atoms with Crippen LogP contribution in [-0.2, 0) is 4.87 Å². The molecule has 2 aromatic rings. The van der Waals surface area contributed by atoms with Crippen LogP contribution in [0.3, 0.4) is 0 Å². The van der Waals surface area contributed by atoms with Crippen LogP contribution in [0.4, 0.5) is 0 Å². The molecule has 0 saturated heterocycles. The minimum absolute atomic E-state index is 0. The summed E-state index contributed by atoms with van der Waals surface area (Å²) >= 11 is 6.59. The van der Waals surface area contributed by atoms with E-state index in [0.29, 0.717) is 0 Å². The quantitative estimate of drug-likeness (QED) is 0.551. The van der Waals surface area contributed by atoms with Crippen molar-refractivity contribution in [3.8, 4) is 0 Å². The van der Waals surface area contributed by atoms with Gasteiger partial charge >= 0.3 is 23.1 Å². The van der Waals surface area contributed by atoms with Gasteiger partial charge in [0, 0.05) is 0 Å². The molecule has 0 N–H and O–H groups in total. The van der Waals surface area contributed by atoms with Crippen molar-refractivity contribution in [2.45, 2.75) is 11.8 Å². The fraction of sp³-hybridized carbons (Fsp3) is 0.143. The normalized spacial score (nSPS) is 10.6. The Morgan fingerprint density at radius 3 is 1.44 bits per heavy atom. The van der Waals surface area contributed by atoms with Gasteiger partial charge in [0.1, 0.15) is 0 Å². The summed E-state index contributed by atoms with van der Waals surface area (Å²) in [6.07, 6.45) is 0. The molecule has 0 aromatic heterocycles. The van der Waals surface area contributed by atoms with Gasteiger partial charge in [-0.15, -0.1) is 11.6 Å². The fourth-order valence-electron chi connectivity index (χ4n) is 1.67. The molecule has 0 radical (unpaired) electrons. The molecule has 80 valence electrons. The van der Waals surface area contributed by atoms with E-state index in [9.17, 15) is 0 Å². The van der Waals surface area contributed by atoms with Gasteiger partial charge in [0.15, 0.2) is 0 Å². The number of hydrogen-bond acceptors (Lipinski definition) is 0. The van der Waals surface area contributed by atoms with Gasteiger partial charge in [0.2, 0.25) is 0 Å². The Morgan fingerprint density at radius 1 is 0.812 bits per heavy atom. The maximum atomic E-state index is 6.59. The first kappa shape index (κ1) is 13.6. The van der Waals surface area contributed by atoms with Gasteiger partial charge in [-0.2, -0.15) is 0 Å². The van der Waals surface area contributed by atoms with Crippen molar-refractivity contribution in [1.82, 2.24) is 0 Å². The molecule has 0 saturated carbocycles. The number of rotatable bonds is 2. The molecule has 2 aromatic carbocycles. The zero-order valence-electron chi connectivity index (χ0n) is 11.4. The van der Waals surface area contributed by atoms with Crippen LogP contribution in [0.1, 0.15) is 20.9 Å². The first-order valence-electron chi connectivity index (χ1n) is 5.01. The van der Waals surface area contributed by atoms with Gasteiger partial charge in [-0.3, -0.25) is 0 Å². The third kappa shape index (κ3) is 2.79. The first-order valence-corrected chi connectivity index (χ1v) is 5.39. The maximum Gasteiger partial charge on any atom is 2.00 e. The van der Waals surface area contributed by atoms with Crippen molar-refractivity contribution >= 4 is 34.7 Å². The molecule has 0 heterocycles. The van der Waals surface area contributed by atoms with Crippen LogP contribution in [0.15, 0.2) is 60.7 Å². The van der Waals surface area contributed by atoms with Crippen LogP contribution in [-0.4, -0.2) is 23.1 Å². The molecular weight excluding hydrogens is 228 g/mol. The van der Waals surface area contributed by atoms with Gasteiger partial charge in [-0.1, -0.05) is 60.7 Å². The summed E-state index contributed by atoms with van der Waals surface area (Å²) in [5, 5.41) is 0. The third-order valence-corrected chi connectivity index (χ3v) is 3.07. The minimum Gasteiger partial charge on any atom is -1.00 e. The van der Waals surface area contributed by atoms with Crippen molar-refractivity contribution in [1.29, 1.82) is 0 Å². The second-order valence-corrected chi connectivity index (χ2v) is 4.49. The second kappa shape index (κ2) is 5.71. The smallest absolute Gasteiger partial charge is 1.00 e. The zero-order valence-corrected chi connectivity index (χ0v) is 11.5. The Bertz CT molecular complexity index is 391. The predicted octanol–water partition coefficient (Wildman–Crippen LogP) is 4.03. The van der Waals surface area contributed by atoms with E-state index in [0.717, 1.165) is 11.1 Å². The topological polar surface area (TPSA) is 0 Å². The molecule has 16 heavy (non-hydrogen) atoms. The van der Waals surface area contributed by atoms with Gasteiger partial charge in [-0.05, 0) is 18.1 Å². The fourth-order valence-corrected chi connectivity index (χ4v) is 1.92. The molecule has 2 rings (SSSR count). The molecule has 0 atom stereocenters. The average molecular weight is 243 g/mol. The van der Waals surface area contributed by atoms with E-state index >= 15 is 0 Å². The molecule has 0 bridgehead atoms. The summed E-state index contributed by atoms with van der Waals surface area (Å²) in [7, 11) is 0. The average Bonchev–Trinajstić information content (AvgIpc) is 2.31. The van der Waals surface area contributed by atoms with E-state index in [2.05, 4.69) is 24.3 Å². The number of benzene rings is 2. The molecule has 0 aliphatic rings. The predicted molar refractivity (Wildman–Crippen MR) is 73.2 cm³/mol. The van der Waals surface area contributed by atoms with Crippen molar-refractivity contribution in [2.24, 2.45) is 0 Å². The number of hydrogen-bond donors (Lipinski definition) is 0. The van der Waals surface area contributed by atoms with E-state index in [1.807, 2.05) is 43.3 Å². The summed E-state index contributed by atoms with van der Waals surface area (Å²) in [5.74, 6) is 0. The Balaban J connectivity index is 0. The summed E-state index contributed by atoms with van der Waals surface area (Å²) in [6, 6.07) is 20.3. The minimum atomic E-state index is -0.442. The molecule has 0 amide bonds. The van der Waals surface area contributed by atoms with Gasteiger partial charge in [-0.25, -0.2) is 0 Å². The second-order valence-electron chi connectivity index (χ2n) is 3.74. The van der Waals surface area contributed by atoms with Crippen LogP contribution < -0.4 is 0 Å². The van der Waals surface area contributed by atoms with Crippen LogP contribution in [0.25, 0.3) is 0 Å². The Labute approximate surface area is 121 Å². The van der Waals surface area contributed by atoms with Crippen molar-refractivity contribution in [3.63, 3.8) is 0 Å². The Kier molecular flexibility index (Phi) is 4.84. The van der Waals surface area contributed by atoms with Crippen LogP contribution >= 0.6 is 11.6 Å². The number of halogens is 1. The van der Waals surface area contributed by atoms with Gasteiger partial charge < -0.3 is 2.85 Å². The summed E-state index contributed by atoms with van der Waals surface area (Å²) in [5.41, 5.74) is 2.25. The molecule has 0 spiro atoms. The largest absolute Gasteiger partial charge is 2.00 e. The van der Waals surface area contributed by atoms with Crippen LogP contribution in [0.2, 0.25) is 0 Å². The van der Waals surface area contributed by atoms with E-state index in [1.54, 1.807) is 0 Å². The summed E-state index contributed by atoms with van der Waals surface area (Å²) < 4.78 is 0. The summed E-state index contributed by atoms with van der Waals surface area (Å²) in [4.78, 5) is -0.442. The SMILES string of the molecule is CC(Cl)(c1ccccc1)c1ccccc1.[H-].[H-].[Mg+2]. The van der Waals surface area contributed by atoms with Gasteiger partial charge in [0.05, 0.1) is 4.87 Å². The van der Waals surface area contributed by atoms with E-state index in [1.165, 1.54) is 0 Å². The molecule has 2 heteroatoms. The monoisotopic (exact) mass is 242 g/mol. The van der Waals surface area contributed by atoms with Crippen LogP contribution in [0.5, 0.6) is 0 Å².